The maximum absolute atomic E-state index is 13.5. The summed E-state index contributed by atoms with van der Waals surface area (Å²) in [4.78, 5) is 19.6. The Morgan fingerprint density at radius 1 is 1.10 bits per heavy atom. The molecule has 3 heterocycles. The summed E-state index contributed by atoms with van der Waals surface area (Å²) in [5.41, 5.74) is 4.00. The van der Waals surface area contributed by atoms with Crippen LogP contribution < -0.4 is 14.8 Å². The minimum Gasteiger partial charge on any atom is -0.494 e. The first-order chi connectivity index (χ1) is 14.0. The van der Waals surface area contributed by atoms with Gasteiger partial charge in [0.05, 0.1) is 30.3 Å². The second-order valence-electron chi connectivity index (χ2n) is 6.78. The van der Waals surface area contributed by atoms with E-state index in [0.717, 1.165) is 35.5 Å². The van der Waals surface area contributed by atoms with Gasteiger partial charge in [0, 0.05) is 30.3 Å². The number of amides is 1. The molecule has 0 aliphatic carbocycles. The topological polar surface area (TPSA) is 76.2 Å². The molecule has 150 valence electrons. The third-order valence-corrected chi connectivity index (χ3v) is 4.83. The Hall–Kier alpha value is -3.42. The van der Waals surface area contributed by atoms with E-state index in [0.29, 0.717) is 29.1 Å². The van der Waals surface area contributed by atoms with Gasteiger partial charge in [-0.1, -0.05) is 0 Å². The van der Waals surface area contributed by atoms with Crippen LogP contribution in [0.15, 0.2) is 30.5 Å². The number of carbonyl (C=O) groups is 1. The van der Waals surface area contributed by atoms with Crippen LogP contribution in [0.4, 0.5) is 8.78 Å². The van der Waals surface area contributed by atoms with Crippen molar-refractivity contribution in [3.63, 3.8) is 0 Å². The number of pyridine rings is 1. The predicted octanol–water partition coefficient (Wildman–Crippen LogP) is 3.54. The molecule has 0 atom stereocenters. The lowest BCUT2D eigenvalue weighted by Crippen LogP contribution is -2.31. The number of halogens is 2. The number of benzene rings is 1. The van der Waals surface area contributed by atoms with Gasteiger partial charge in [-0.2, -0.15) is 0 Å². The SMILES string of the molecule is COc1cnc(COc2cc(F)c(F)cc2C)cc1-c1cc2c([nH]1)CCNC2=O. The van der Waals surface area contributed by atoms with E-state index < -0.39 is 11.6 Å². The van der Waals surface area contributed by atoms with Gasteiger partial charge >= 0.3 is 0 Å². The van der Waals surface area contributed by atoms with Crippen molar-refractivity contribution >= 4 is 5.91 Å². The number of methoxy groups -OCH3 is 1. The molecule has 1 aromatic carbocycles. The third kappa shape index (κ3) is 3.65. The van der Waals surface area contributed by atoms with Crippen molar-refractivity contribution in [1.82, 2.24) is 15.3 Å². The fourth-order valence-corrected chi connectivity index (χ4v) is 3.31. The zero-order valence-electron chi connectivity index (χ0n) is 15.9. The molecule has 0 radical (unpaired) electrons. The fraction of sp³-hybridized carbons (Fsp3) is 0.238. The number of nitrogens with one attached hydrogen (secondary N) is 2. The van der Waals surface area contributed by atoms with Crippen LogP contribution in [-0.4, -0.2) is 29.5 Å². The van der Waals surface area contributed by atoms with Crippen molar-refractivity contribution < 1.29 is 23.0 Å². The van der Waals surface area contributed by atoms with Crippen molar-refractivity contribution in [1.29, 1.82) is 0 Å². The summed E-state index contributed by atoms with van der Waals surface area (Å²) < 4.78 is 37.8. The Morgan fingerprint density at radius 2 is 1.90 bits per heavy atom. The number of rotatable bonds is 5. The number of aromatic nitrogens is 2. The molecule has 0 saturated carbocycles. The molecule has 4 rings (SSSR count). The lowest BCUT2D eigenvalue weighted by Gasteiger charge is -2.12. The van der Waals surface area contributed by atoms with Gasteiger partial charge in [-0.05, 0) is 30.7 Å². The van der Waals surface area contributed by atoms with Crippen LogP contribution in [0, 0.1) is 18.6 Å². The van der Waals surface area contributed by atoms with E-state index in [1.54, 1.807) is 25.3 Å². The highest BCUT2D eigenvalue weighted by molar-refractivity contribution is 5.98. The molecule has 6 nitrogen and oxygen atoms in total. The molecule has 2 N–H and O–H groups in total. The number of aromatic amines is 1. The van der Waals surface area contributed by atoms with Crippen LogP contribution in [0.3, 0.4) is 0 Å². The number of hydrogen-bond acceptors (Lipinski definition) is 4. The second-order valence-corrected chi connectivity index (χ2v) is 6.78. The summed E-state index contributed by atoms with van der Waals surface area (Å²) in [7, 11) is 1.54. The Morgan fingerprint density at radius 3 is 2.66 bits per heavy atom. The standard InChI is InChI=1S/C21H19F2N3O3/c1-11-5-15(22)16(23)8-19(11)29-10-12-6-13(20(28-2)9-25-12)18-7-14-17(26-18)3-4-24-21(14)27/h5-9,26H,3-4,10H2,1-2H3,(H,24,27). The molecule has 8 heteroatoms. The number of fused-ring (bicyclic) bond motifs is 1. The number of hydrogen-bond donors (Lipinski definition) is 2. The van der Waals surface area contributed by atoms with Crippen molar-refractivity contribution in [2.75, 3.05) is 13.7 Å². The van der Waals surface area contributed by atoms with E-state index in [4.69, 9.17) is 9.47 Å². The van der Waals surface area contributed by atoms with E-state index in [1.807, 2.05) is 0 Å². The van der Waals surface area contributed by atoms with Crippen LogP contribution in [0.2, 0.25) is 0 Å². The number of aryl methyl sites for hydroxylation is 1. The van der Waals surface area contributed by atoms with E-state index in [9.17, 15) is 13.6 Å². The lowest BCUT2D eigenvalue weighted by molar-refractivity contribution is 0.0946. The lowest BCUT2D eigenvalue weighted by atomic mass is 10.1. The van der Waals surface area contributed by atoms with E-state index in [2.05, 4.69) is 15.3 Å². The average Bonchev–Trinajstić information content (AvgIpc) is 3.15. The molecule has 0 fully saturated rings. The number of H-pyrrole nitrogens is 1. The number of carbonyl (C=O) groups excluding carboxylic acids is 1. The van der Waals surface area contributed by atoms with Crippen LogP contribution in [0.25, 0.3) is 11.3 Å². The summed E-state index contributed by atoms with van der Waals surface area (Å²) in [6.07, 6.45) is 2.28. The van der Waals surface area contributed by atoms with Crippen LogP contribution >= 0.6 is 0 Å². The molecular formula is C21H19F2N3O3. The number of ether oxygens (including phenoxy) is 2. The van der Waals surface area contributed by atoms with Crippen molar-refractivity contribution in [2.24, 2.45) is 0 Å². The second kappa shape index (κ2) is 7.54. The molecule has 0 spiro atoms. The monoisotopic (exact) mass is 399 g/mol. The molecule has 29 heavy (non-hydrogen) atoms. The minimum atomic E-state index is -0.968. The van der Waals surface area contributed by atoms with Gasteiger partial charge in [0.2, 0.25) is 0 Å². The van der Waals surface area contributed by atoms with Crippen LogP contribution in [0.1, 0.15) is 27.3 Å². The molecule has 1 amide bonds. The Labute approximate surface area is 165 Å². The van der Waals surface area contributed by atoms with Crippen molar-refractivity contribution in [3.05, 3.63) is 64.6 Å². The predicted molar refractivity (Wildman–Crippen MR) is 102 cm³/mol. The smallest absolute Gasteiger partial charge is 0.253 e. The van der Waals surface area contributed by atoms with Gasteiger partial charge in [0.25, 0.3) is 5.91 Å². The quantitative estimate of drug-likeness (QED) is 0.688. The molecule has 1 aliphatic heterocycles. The highest BCUT2D eigenvalue weighted by Crippen LogP contribution is 2.32. The molecule has 1 aliphatic rings. The van der Waals surface area contributed by atoms with E-state index in [1.165, 1.54) is 7.11 Å². The normalized spacial score (nSPS) is 13.0. The minimum absolute atomic E-state index is 0.0593. The molecular weight excluding hydrogens is 380 g/mol. The van der Waals surface area contributed by atoms with Gasteiger partial charge in [0.1, 0.15) is 18.1 Å². The van der Waals surface area contributed by atoms with Gasteiger partial charge in [0.15, 0.2) is 11.6 Å². The number of nitrogens with zero attached hydrogens (tertiary/aromatic N) is 1. The first-order valence-corrected chi connectivity index (χ1v) is 9.08. The molecule has 0 bridgehead atoms. The Kier molecular flexibility index (Phi) is 4.92. The molecule has 0 saturated heterocycles. The van der Waals surface area contributed by atoms with Gasteiger partial charge in [-0.3, -0.25) is 9.78 Å². The molecule has 3 aromatic rings. The van der Waals surface area contributed by atoms with E-state index >= 15 is 0 Å². The average molecular weight is 399 g/mol. The largest absolute Gasteiger partial charge is 0.494 e. The first-order valence-electron chi connectivity index (χ1n) is 9.08. The summed E-state index contributed by atoms with van der Waals surface area (Å²) >= 11 is 0. The van der Waals surface area contributed by atoms with Crippen molar-refractivity contribution in [3.8, 4) is 22.8 Å². The van der Waals surface area contributed by atoms with Gasteiger partial charge in [-0.25, -0.2) is 8.78 Å². The zero-order valence-corrected chi connectivity index (χ0v) is 15.9. The third-order valence-electron chi connectivity index (χ3n) is 4.83. The van der Waals surface area contributed by atoms with Gasteiger partial charge in [-0.15, -0.1) is 0 Å². The maximum Gasteiger partial charge on any atom is 0.253 e. The summed E-state index contributed by atoms with van der Waals surface area (Å²) in [6.45, 7) is 2.29. The van der Waals surface area contributed by atoms with Crippen molar-refractivity contribution in [2.45, 2.75) is 20.0 Å². The first kappa shape index (κ1) is 18.9. The van der Waals surface area contributed by atoms with Gasteiger partial charge < -0.3 is 19.8 Å². The maximum atomic E-state index is 13.5. The summed E-state index contributed by atoms with van der Waals surface area (Å²) in [5.74, 6) is -1.21. The Balaban J connectivity index is 1.62. The highest BCUT2D eigenvalue weighted by Gasteiger charge is 2.21. The Bertz CT molecular complexity index is 1100. The highest BCUT2D eigenvalue weighted by atomic mass is 19.2. The van der Waals surface area contributed by atoms with E-state index in [-0.39, 0.29) is 18.3 Å². The van der Waals surface area contributed by atoms with Crippen LogP contribution in [-0.2, 0) is 13.0 Å². The molecule has 0 unspecified atom stereocenters. The summed E-state index contributed by atoms with van der Waals surface area (Å²) in [5, 5.41) is 2.82. The summed E-state index contributed by atoms with van der Waals surface area (Å²) in [6, 6.07) is 5.67. The van der Waals surface area contributed by atoms with Crippen LogP contribution in [0.5, 0.6) is 11.5 Å². The fourth-order valence-electron chi connectivity index (χ4n) is 3.31. The zero-order chi connectivity index (χ0) is 20.5. The molecule has 2 aromatic heterocycles.